The fourth-order valence-electron chi connectivity index (χ4n) is 2.59. The Bertz CT molecular complexity index is 709. The van der Waals surface area contributed by atoms with Gasteiger partial charge in [-0.1, -0.05) is 36.4 Å². The molecule has 0 aliphatic rings. The summed E-state index contributed by atoms with van der Waals surface area (Å²) < 4.78 is 0. The quantitative estimate of drug-likeness (QED) is 0.619. The predicted molar refractivity (Wildman–Crippen MR) is 94.2 cm³/mol. The van der Waals surface area contributed by atoms with E-state index in [1.807, 2.05) is 42.6 Å². The average molecular weight is 327 g/mol. The van der Waals surface area contributed by atoms with Crippen LogP contribution in [0.3, 0.4) is 0 Å². The van der Waals surface area contributed by atoms with Gasteiger partial charge in [0.05, 0.1) is 22.9 Å². The van der Waals surface area contributed by atoms with Gasteiger partial charge in [-0.05, 0) is 30.4 Å². The highest BCUT2D eigenvalue weighted by atomic mass is 32.1. The minimum Gasteiger partial charge on any atom is -0.388 e. The lowest BCUT2D eigenvalue weighted by Gasteiger charge is -2.18. The van der Waals surface area contributed by atoms with Crippen molar-refractivity contribution in [2.45, 2.75) is 32.0 Å². The Labute approximate surface area is 140 Å². The van der Waals surface area contributed by atoms with Gasteiger partial charge >= 0.3 is 0 Å². The molecule has 0 saturated heterocycles. The third-order valence-electron chi connectivity index (χ3n) is 3.89. The molecule has 0 fully saturated rings. The number of thiophene rings is 1. The predicted octanol–water partition coefficient (Wildman–Crippen LogP) is 3.74. The molecule has 3 N–H and O–H groups in total. The van der Waals surface area contributed by atoms with Crippen LogP contribution in [0.5, 0.6) is 0 Å². The summed E-state index contributed by atoms with van der Waals surface area (Å²) >= 11 is 1.70. The van der Waals surface area contributed by atoms with Crippen LogP contribution in [-0.2, 0) is 6.54 Å². The van der Waals surface area contributed by atoms with Crippen LogP contribution >= 0.6 is 11.3 Å². The van der Waals surface area contributed by atoms with E-state index in [1.165, 1.54) is 4.88 Å². The highest BCUT2D eigenvalue weighted by Gasteiger charge is 2.14. The lowest BCUT2D eigenvalue weighted by molar-refractivity contribution is 0.154. The first-order valence-electron chi connectivity index (χ1n) is 7.76. The molecule has 3 aromatic rings. The zero-order chi connectivity index (χ0) is 16.1. The number of hydrogen-bond acceptors (Lipinski definition) is 4. The van der Waals surface area contributed by atoms with Crippen molar-refractivity contribution in [2.24, 2.45) is 0 Å². The molecule has 4 nitrogen and oxygen atoms in total. The van der Waals surface area contributed by atoms with Crippen molar-refractivity contribution in [2.75, 3.05) is 0 Å². The second kappa shape index (κ2) is 7.55. The lowest BCUT2D eigenvalue weighted by atomic mass is 10.0. The summed E-state index contributed by atoms with van der Waals surface area (Å²) in [5.74, 6) is 0. The molecule has 0 saturated carbocycles. The van der Waals surface area contributed by atoms with Crippen LogP contribution < -0.4 is 5.32 Å². The van der Waals surface area contributed by atoms with Crippen molar-refractivity contribution < 1.29 is 5.11 Å². The summed E-state index contributed by atoms with van der Waals surface area (Å²) in [5, 5.41) is 23.1. The molecule has 0 bridgehead atoms. The topological polar surface area (TPSA) is 60.9 Å². The number of benzene rings is 1. The van der Waals surface area contributed by atoms with E-state index in [4.69, 9.17) is 0 Å². The molecule has 0 spiro atoms. The number of H-pyrrole nitrogens is 1. The third kappa shape index (κ3) is 4.07. The Morgan fingerprint density at radius 1 is 1.22 bits per heavy atom. The molecule has 2 atom stereocenters. The second-order valence-corrected chi connectivity index (χ2v) is 6.64. The maximum atomic E-state index is 10.3. The monoisotopic (exact) mass is 327 g/mol. The number of nitrogens with zero attached hydrogens (tertiary/aromatic N) is 1. The number of aliphatic hydroxyl groups excluding tert-OH is 1. The van der Waals surface area contributed by atoms with E-state index in [-0.39, 0.29) is 6.04 Å². The Morgan fingerprint density at radius 2 is 2.04 bits per heavy atom. The first-order chi connectivity index (χ1) is 11.2. The van der Waals surface area contributed by atoms with Gasteiger partial charge in [-0.25, -0.2) is 0 Å². The molecule has 5 heteroatoms. The summed E-state index contributed by atoms with van der Waals surface area (Å²) in [6.07, 6.45) is 2.10. The van der Waals surface area contributed by atoms with Crippen molar-refractivity contribution in [1.29, 1.82) is 0 Å². The molecule has 2 aromatic heterocycles. The van der Waals surface area contributed by atoms with Crippen molar-refractivity contribution in [3.05, 3.63) is 65.2 Å². The van der Waals surface area contributed by atoms with E-state index < -0.39 is 6.10 Å². The average Bonchev–Trinajstić information content (AvgIpc) is 3.24. The van der Waals surface area contributed by atoms with Gasteiger partial charge in [-0.15, -0.1) is 11.3 Å². The van der Waals surface area contributed by atoms with Gasteiger partial charge < -0.3 is 10.4 Å². The molecular formula is C18H21N3OS. The molecule has 0 radical (unpaired) electrons. The highest BCUT2D eigenvalue weighted by molar-refractivity contribution is 7.13. The first-order valence-corrected chi connectivity index (χ1v) is 8.64. The molecular weight excluding hydrogens is 306 g/mol. The summed E-state index contributed by atoms with van der Waals surface area (Å²) in [4.78, 5) is 1.19. The Balaban J connectivity index is 1.56. The van der Waals surface area contributed by atoms with E-state index in [1.54, 1.807) is 11.3 Å². The standard InChI is InChI=1S/C18H21N3OS/c1-13(10-16(22)14-6-3-2-4-7-14)19-11-15-12-20-21-18(15)17-8-5-9-23-17/h2-9,12-13,16,19,22H,10-11H2,1H3,(H,20,21). The van der Waals surface area contributed by atoms with E-state index in [2.05, 4.69) is 33.9 Å². The van der Waals surface area contributed by atoms with E-state index in [0.717, 1.165) is 23.4 Å². The molecule has 0 aliphatic carbocycles. The van der Waals surface area contributed by atoms with Gasteiger partial charge in [0.15, 0.2) is 0 Å². The van der Waals surface area contributed by atoms with E-state index >= 15 is 0 Å². The lowest BCUT2D eigenvalue weighted by Crippen LogP contribution is -2.27. The number of aliphatic hydroxyl groups is 1. The molecule has 1 aromatic carbocycles. The van der Waals surface area contributed by atoms with Gasteiger partial charge in [0, 0.05) is 18.2 Å². The summed E-state index contributed by atoms with van der Waals surface area (Å²) in [5.41, 5.74) is 3.18. The fraction of sp³-hybridized carbons (Fsp3) is 0.278. The van der Waals surface area contributed by atoms with E-state index in [0.29, 0.717) is 6.42 Å². The van der Waals surface area contributed by atoms with Crippen molar-refractivity contribution in [3.8, 4) is 10.6 Å². The molecule has 2 unspecified atom stereocenters. The Kier molecular flexibility index (Phi) is 5.23. The van der Waals surface area contributed by atoms with Gasteiger partial charge in [0.25, 0.3) is 0 Å². The Morgan fingerprint density at radius 3 is 2.78 bits per heavy atom. The molecule has 120 valence electrons. The van der Waals surface area contributed by atoms with Crippen LogP contribution in [-0.4, -0.2) is 21.3 Å². The molecule has 0 aliphatic heterocycles. The summed E-state index contributed by atoms with van der Waals surface area (Å²) in [7, 11) is 0. The number of rotatable bonds is 7. The highest BCUT2D eigenvalue weighted by Crippen LogP contribution is 2.26. The van der Waals surface area contributed by atoms with Crippen molar-refractivity contribution in [3.63, 3.8) is 0 Å². The minimum atomic E-state index is -0.445. The van der Waals surface area contributed by atoms with Crippen LogP contribution in [0, 0.1) is 0 Å². The number of aromatic amines is 1. The summed E-state index contributed by atoms with van der Waals surface area (Å²) in [6.45, 7) is 2.82. The zero-order valence-corrected chi connectivity index (χ0v) is 13.9. The van der Waals surface area contributed by atoms with Crippen LogP contribution in [0.25, 0.3) is 10.6 Å². The molecule has 23 heavy (non-hydrogen) atoms. The molecule has 3 rings (SSSR count). The Hall–Kier alpha value is -1.95. The molecule has 2 heterocycles. The second-order valence-electron chi connectivity index (χ2n) is 5.69. The van der Waals surface area contributed by atoms with Gasteiger partial charge in [0.1, 0.15) is 0 Å². The smallest absolute Gasteiger partial charge is 0.0804 e. The minimum absolute atomic E-state index is 0.205. The number of nitrogens with one attached hydrogen (secondary N) is 2. The van der Waals surface area contributed by atoms with Crippen LogP contribution in [0.15, 0.2) is 54.0 Å². The van der Waals surface area contributed by atoms with Crippen molar-refractivity contribution in [1.82, 2.24) is 15.5 Å². The fourth-order valence-corrected chi connectivity index (χ4v) is 3.35. The largest absolute Gasteiger partial charge is 0.388 e. The van der Waals surface area contributed by atoms with Gasteiger partial charge in [0.2, 0.25) is 0 Å². The zero-order valence-electron chi connectivity index (χ0n) is 13.1. The molecule has 0 amide bonds. The van der Waals surface area contributed by atoms with Crippen LogP contribution in [0.1, 0.15) is 30.6 Å². The normalized spacial score (nSPS) is 13.8. The number of hydrogen-bond donors (Lipinski definition) is 3. The maximum absolute atomic E-state index is 10.3. The van der Waals surface area contributed by atoms with Crippen LogP contribution in [0.2, 0.25) is 0 Å². The maximum Gasteiger partial charge on any atom is 0.0804 e. The van der Waals surface area contributed by atoms with Crippen molar-refractivity contribution >= 4 is 11.3 Å². The van der Waals surface area contributed by atoms with E-state index in [9.17, 15) is 5.11 Å². The van der Waals surface area contributed by atoms with Gasteiger partial charge in [-0.3, -0.25) is 5.10 Å². The SMILES string of the molecule is CC(CC(O)c1ccccc1)NCc1cn[nH]c1-c1cccs1. The third-order valence-corrected chi connectivity index (χ3v) is 4.77. The number of aromatic nitrogens is 2. The van der Waals surface area contributed by atoms with Gasteiger partial charge in [-0.2, -0.15) is 5.10 Å². The van der Waals surface area contributed by atoms with Crippen LogP contribution in [0.4, 0.5) is 0 Å². The summed E-state index contributed by atoms with van der Waals surface area (Å²) in [6, 6.07) is 14.1. The first kappa shape index (κ1) is 15.9.